The lowest BCUT2D eigenvalue weighted by Crippen LogP contribution is -2.18. The van der Waals surface area contributed by atoms with E-state index < -0.39 is 0 Å². The molecular formula is C31H36ClN5O2. The lowest BCUT2D eigenvalue weighted by atomic mass is 10.1. The van der Waals surface area contributed by atoms with Crippen molar-refractivity contribution in [2.45, 2.75) is 38.8 Å². The molecule has 204 valence electrons. The van der Waals surface area contributed by atoms with Gasteiger partial charge in [-0.2, -0.15) is 0 Å². The lowest BCUT2D eigenvalue weighted by molar-refractivity contribution is 0.324. The first kappa shape index (κ1) is 27.1. The Hall–Kier alpha value is -3.52. The zero-order chi connectivity index (χ0) is 27.2. The average Bonchev–Trinajstić information content (AvgIpc) is 3.62. The normalized spacial score (nSPS) is 15.8. The number of nitrogens with one attached hydrogen (secondary N) is 1. The maximum absolute atomic E-state index is 10.4. The molecule has 2 fully saturated rings. The van der Waals surface area contributed by atoms with E-state index >= 15 is 0 Å². The quantitative estimate of drug-likeness (QED) is 0.205. The number of likely N-dealkylation sites (tertiary alicyclic amines) is 2. The Labute approximate surface area is 234 Å². The third-order valence-corrected chi connectivity index (χ3v) is 7.60. The van der Waals surface area contributed by atoms with Crippen LogP contribution in [0.15, 0.2) is 66.9 Å². The third-order valence-electron chi connectivity index (χ3n) is 7.36. The molecule has 0 saturated carbocycles. The summed E-state index contributed by atoms with van der Waals surface area (Å²) in [4.78, 5) is 9.08. The van der Waals surface area contributed by atoms with Crippen molar-refractivity contribution in [3.05, 3.63) is 83.0 Å². The summed E-state index contributed by atoms with van der Waals surface area (Å²) >= 11 is 6.04. The van der Waals surface area contributed by atoms with Crippen LogP contribution in [0.25, 0.3) is 10.9 Å². The van der Waals surface area contributed by atoms with Crippen LogP contribution in [0.1, 0.15) is 36.8 Å². The highest BCUT2D eigenvalue weighted by Gasteiger charge is 2.15. The van der Waals surface area contributed by atoms with Crippen LogP contribution >= 0.6 is 11.6 Å². The van der Waals surface area contributed by atoms with E-state index in [1.54, 1.807) is 18.3 Å². The number of hydrogen-bond donors (Lipinski definition) is 4. The van der Waals surface area contributed by atoms with Gasteiger partial charge in [-0.25, -0.2) is 0 Å². The molecule has 6 rings (SSSR count). The van der Waals surface area contributed by atoms with E-state index in [0.717, 1.165) is 72.7 Å². The van der Waals surface area contributed by atoms with Crippen molar-refractivity contribution in [2.24, 2.45) is 0 Å². The minimum atomic E-state index is 0.317. The number of halogens is 1. The molecule has 0 radical (unpaired) electrons. The molecule has 8 heteroatoms. The molecule has 5 N–H and O–H groups in total. The van der Waals surface area contributed by atoms with Gasteiger partial charge in [0, 0.05) is 70.0 Å². The largest absolute Gasteiger partial charge is 0.508 e. The fraction of sp³-hybridized carbons (Fsp3) is 0.323. The van der Waals surface area contributed by atoms with Gasteiger partial charge in [-0.15, -0.1) is 0 Å². The zero-order valence-corrected chi connectivity index (χ0v) is 22.9. The molecule has 1 aromatic heterocycles. The molecule has 7 nitrogen and oxygen atoms in total. The Morgan fingerprint density at radius 1 is 0.769 bits per heavy atom. The summed E-state index contributed by atoms with van der Waals surface area (Å²) in [5, 5.41) is 25.1. The van der Waals surface area contributed by atoms with E-state index in [0.29, 0.717) is 22.2 Å². The summed E-state index contributed by atoms with van der Waals surface area (Å²) in [5.74, 6) is 0.648. The number of fused-ring (bicyclic) bond motifs is 1. The van der Waals surface area contributed by atoms with Crippen LogP contribution in [-0.2, 0) is 13.1 Å². The van der Waals surface area contributed by atoms with Crippen molar-refractivity contribution >= 4 is 39.6 Å². The SMILES string of the molecule is Nc1ccc(CN2CCCC2)c(O)c1.Oc1cc(Nc2ccnc3cc(Cl)ccc23)ccc1CN1CCCC1. The summed E-state index contributed by atoms with van der Waals surface area (Å²) in [7, 11) is 0. The second-order valence-electron chi connectivity index (χ2n) is 10.3. The monoisotopic (exact) mass is 545 g/mol. The summed E-state index contributed by atoms with van der Waals surface area (Å²) in [6.07, 6.45) is 6.80. The van der Waals surface area contributed by atoms with Crippen molar-refractivity contribution in [3.8, 4) is 11.5 Å². The standard InChI is InChI=1S/C20H20ClN3O.C11H16N2O/c21-15-4-6-17-18(7-8-22-19(17)11-15)23-16-5-3-14(20(25)12-16)13-24-9-1-2-10-24;12-10-4-3-9(11(14)7-10)8-13-5-1-2-6-13/h3-8,11-12,25H,1-2,9-10,13H2,(H,22,23);3-4,7,14H,1-2,5-6,8,12H2. The van der Waals surface area contributed by atoms with Crippen LogP contribution in [0.2, 0.25) is 5.02 Å². The number of nitrogen functional groups attached to an aromatic ring is 1. The minimum absolute atomic E-state index is 0.317. The van der Waals surface area contributed by atoms with Gasteiger partial charge in [-0.3, -0.25) is 14.8 Å². The van der Waals surface area contributed by atoms with Crippen molar-refractivity contribution in [2.75, 3.05) is 37.2 Å². The summed E-state index contributed by atoms with van der Waals surface area (Å²) in [6.45, 7) is 6.17. The zero-order valence-electron chi connectivity index (χ0n) is 22.1. The van der Waals surface area contributed by atoms with Gasteiger partial charge in [-0.1, -0.05) is 23.7 Å². The van der Waals surface area contributed by atoms with E-state index in [1.807, 2.05) is 48.5 Å². The Morgan fingerprint density at radius 3 is 2.00 bits per heavy atom. The van der Waals surface area contributed by atoms with Gasteiger partial charge in [-0.05, 0) is 88.3 Å². The minimum Gasteiger partial charge on any atom is -0.508 e. The Kier molecular flexibility index (Phi) is 8.71. The third kappa shape index (κ3) is 7.12. The van der Waals surface area contributed by atoms with E-state index in [1.165, 1.54) is 25.7 Å². The number of phenols is 2. The number of aromatic hydroxyl groups is 2. The van der Waals surface area contributed by atoms with Crippen molar-refractivity contribution in [1.82, 2.24) is 14.8 Å². The first-order valence-electron chi connectivity index (χ1n) is 13.6. The molecule has 3 aromatic carbocycles. The number of rotatable bonds is 6. The highest BCUT2D eigenvalue weighted by Crippen LogP contribution is 2.30. The molecule has 0 unspecified atom stereocenters. The molecule has 0 amide bonds. The van der Waals surface area contributed by atoms with Crippen LogP contribution in [-0.4, -0.2) is 51.2 Å². The van der Waals surface area contributed by atoms with E-state index in [-0.39, 0.29) is 0 Å². The Bertz CT molecular complexity index is 1420. The number of nitrogens with two attached hydrogens (primary N) is 1. The van der Waals surface area contributed by atoms with Crippen LogP contribution in [0.4, 0.5) is 17.1 Å². The van der Waals surface area contributed by atoms with Crippen LogP contribution in [0.3, 0.4) is 0 Å². The predicted molar refractivity (Wildman–Crippen MR) is 160 cm³/mol. The van der Waals surface area contributed by atoms with Crippen LogP contribution < -0.4 is 11.1 Å². The number of pyridine rings is 1. The smallest absolute Gasteiger partial charge is 0.122 e. The second kappa shape index (κ2) is 12.6. The maximum Gasteiger partial charge on any atom is 0.122 e. The van der Waals surface area contributed by atoms with Crippen molar-refractivity contribution in [1.29, 1.82) is 0 Å². The predicted octanol–water partition coefficient (Wildman–Crippen LogP) is 6.50. The van der Waals surface area contributed by atoms with Gasteiger partial charge >= 0.3 is 0 Å². The van der Waals surface area contributed by atoms with Gasteiger partial charge in [0.1, 0.15) is 11.5 Å². The van der Waals surface area contributed by atoms with Gasteiger partial charge < -0.3 is 21.3 Å². The van der Waals surface area contributed by atoms with E-state index in [2.05, 4.69) is 20.1 Å². The number of benzene rings is 3. The molecule has 2 aliphatic heterocycles. The highest BCUT2D eigenvalue weighted by atomic mass is 35.5. The van der Waals surface area contributed by atoms with E-state index in [4.69, 9.17) is 17.3 Å². The topological polar surface area (TPSA) is 97.9 Å². The average molecular weight is 546 g/mol. The molecular weight excluding hydrogens is 510 g/mol. The first-order chi connectivity index (χ1) is 18.9. The fourth-order valence-electron chi connectivity index (χ4n) is 5.24. The van der Waals surface area contributed by atoms with E-state index in [9.17, 15) is 10.2 Å². The lowest BCUT2D eigenvalue weighted by Gasteiger charge is -2.16. The fourth-order valence-corrected chi connectivity index (χ4v) is 5.41. The highest BCUT2D eigenvalue weighted by molar-refractivity contribution is 6.31. The molecule has 3 heterocycles. The Morgan fingerprint density at radius 2 is 1.38 bits per heavy atom. The van der Waals surface area contributed by atoms with Crippen molar-refractivity contribution in [3.63, 3.8) is 0 Å². The molecule has 39 heavy (non-hydrogen) atoms. The molecule has 0 aliphatic carbocycles. The maximum atomic E-state index is 10.4. The molecule has 2 saturated heterocycles. The second-order valence-corrected chi connectivity index (χ2v) is 10.8. The van der Waals surface area contributed by atoms with Crippen LogP contribution in [0, 0.1) is 0 Å². The Balaban J connectivity index is 0.000000186. The molecule has 0 bridgehead atoms. The first-order valence-corrected chi connectivity index (χ1v) is 14.0. The number of nitrogens with zero attached hydrogens (tertiary/aromatic N) is 3. The summed E-state index contributed by atoms with van der Waals surface area (Å²) in [5.41, 5.74) is 10.8. The van der Waals surface area contributed by atoms with Gasteiger partial charge in [0.2, 0.25) is 0 Å². The van der Waals surface area contributed by atoms with Crippen molar-refractivity contribution < 1.29 is 10.2 Å². The van der Waals surface area contributed by atoms with Gasteiger partial charge in [0.15, 0.2) is 0 Å². The number of anilines is 3. The number of hydrogen-bond acceptors (Lipinski definition) is 7. The molecule has 2 aliphatic rings. The van der Waals surface area contributed by atoms with Gasteiger partial charge in [0.25, 0.3) is 0 Å². The molecule has 4 aromatic rings. The van der Waals surface area contributed by atoms with Crippen LogP contribution in [0.5, 0.6) is 11.5 Å². The molecule has 0 atom stereocenters. The number of aromatic nitrogens is 1. The summed E-state index contributed by atoms with van der Waals surface area (Å²) < 4.78 is 0. The van der Waals surface area contributed by atoms with Gasteiger partial charge in [0.05, 0.1) is 5.52 Å². The molecule has 0 spiro atoms. The summed E-state index contributed by atoms with van der Waals surface area (Å²) in [6, 6.07) is 18.7. The number of phenolic OH excluding ortho intramolecular Hbond substituents is 2.